The van der Waals surface area contributed by atoms with Gasteiger partial charge in [0, 0.05) is 25.2 Å². The van der Waals surface area contributed by atoms with Crippen molar-refractivity contribution in [3.05, 3.63) is 29.3 Å². The molecule has 1 aliphatic carbocycles. The van der Waals surface area contributed by atoms with E-state index in [0.717, 1.165) is 42.5 Å². The molecule has 1 saturated heterocycles. The second kappa shape index (κ2) is 6.41. The highest BCUT2D eigenvalue weighted by molar-refractivity contribution is 5.99. The third-order valence-corrected chi connectivity index (χ3v) is 6.30. The van der Waals surface area contributed by atoms with Gasteiger partial charge in [0.25, 0.3) is 0 Å². The van der Waals surface area contributed by atoms with Crippen LogP contribution in [-0.4, -0.2) is 40.9 Å². The van der Waals surface area contributed by atoms with Crippen LogP contribution in [0.15, 0.2) is 18.2 Å². The predicted octanol–water partition coefficient (Wildman–Crippen LogP) is 2.22. The van der Waals surface area contributed by atoms with Crippen LogP contribution in [0.2, 0.25) is 0 Å². The Hall–Kier alpha value is -2.37. The van der Waals surface area contributed by atoms with Gasteiger partial charge < -0.3 is 15.3 Å². The normalized spacial score (nSPS) is 26.5. The first-order valence-corrected chi connectivity index (χ1v) is 9.41. The lowest BCUT2D eigenvalue weighted by Gasteiger charge is -2.23. The second-order valence-corrected chi connectivity index (χ2v) is 7.89. The third kappa shape index (κ3) is 2.87. The van der Waals surface area contributed by atoms with Crippen LogP contribution in [0.1, 0.15) is 43.2 Å². The second-order valence-electron chi connectivity index (χ2n) is 7.89. The first kappa shape index (κ1) is 17.1. The summed E-state index contributed by atoms with van der Waals surface area (Å²) in [6.07, 6.45) is 4.95. The fourth-order valence-electron chi connectivity index (χ4n) is 4.87. The number of likely N-dealkylation sites (tertiary alicyclic amines) is 1. The van der Waals surface area contributed by atoms with Gasteiger partial charge in [-0.15, -0.1) is 0 Å². The lowest BCUT2D eigenvalue weighted by atomic mass is 9.81. The molecule has 2 amide bonds. The fraction of sp³-hybridized carbons (Fsp3) is 0.550. The van der Waals surface area contributed by atoms with Gasteiger partial charge in [0.15, 0.2) is 0 Å². The summed E-state index contributed by atoms with van der Waals surface area (Å²) < 4.78 is 0. The molecule has 6 nitrogen and oxygen atoms in total. The maximum atomic E-state index is 12.5. The minimum atomic E-state index is -0.739. The van der Waals surface area contributed by atoms with Crippen molar-refractivity contribution in [3.63, 3.8) is 0 Å². The zero-order chi connectivity index (χ0) is 18.3. The van der Waals surface area contributed by atoms with Crippen LogP contribution in [0.3, 0.4) is 0 Å². The van der Waals surface area contributed by atoms with E-state index in [2.05, 4.69) is 5.32 Å². The van der Waals surface area contributed by atoms with E-state index < -0.39 is 11.4 Å². The molecule has 1 aromatic rings. The molecule has 0 radical (unpaired) electrons. The van der Waals surface area contributed by atoms with E-state index in [0.29, 0.717) is 32.4 Å². The minimum Gasteiger partial charge on any atom is -0.481 e. The highest BCUT2D eigenvalue weighted by Gasteiger charge is 2.55. The Morgan fingerprint density at radius 1 is 1.35 bits per heavy atom. The van der Waals surface area contributed by atoms with Crippen LogP contribution in [0.4, 0.5) is 5.69 Å². The van der Waals surface area contributed by atoms with Gasteiger partial charge in [-0.2, -0.15) is 0 Å². The van der Waals surface area contributed by atoms with Gasteiger partial charge in [0.1, 0.15) is 0 Å². The average Bonchev–Trinajstić information content (AvgIpc) is 3.25. The molecule has 2 fully saturated rings. The Morgan fingerprint density at radius 2 is 2.19 bits per heavy atom. The summed E-state index contributed by atoms with van der Waals surface area (Å²) in [5, 5.41) is 12.4. The number of fused-ring (bicyclic) bond motifs is 2. The van der Waals surface area contributed by atoms with E-state index >= 15 is 0 Å². The van der Waals surface area contributed by atoms with Gasteiger partial charge in [-0.3, -0.25) is 14.4 Å². The van der Waals surface area contributed by atoms with Crippen LogP contribution < -0.4 is 5.32 Å². The first-order chi connectivity index (χ1) is 12.5. The molecule has 0 spiro atoms. The number of rotatable bonds is 5. The standard InChI is InChI=1S/C20H24N2O4/c23-17-10-14-9-13(6-7-16(14)21-17)3-1-5-18(24)22-11-15-4-2-8-20(15,12-22)19(25)26/h6-7,9,15H,1-5,8,10-12H2,(H,21,23)(H,25,26)/t15-,20+/m0/s1. The molecule has 0 unspecified atom stereocenters. The van der Waals surface area contributed by atoms with Gasteiger partial charge in [-0.25, -0.2) is 0 Å². The van der Waals surface area contributed by atoms with E-state index in [4.69, 9.17) is 0 Å². The van der Waals surface area contributed by atoms with Crippen molar-refractivity contribution in [2.45, 2.75) is 44.9 Å². The summed E-state index contributed by atoms with van der Waals surface area (Å²) in [5.74, 6) is -0.528. The van der Waals surface area contributed by atoms with Crippen molar-refractivity contribution in [2.24, 2.45) is 11.3 Å². The van der Waals surface area contributed by atoms with Crippen molar-refractivity contribution >= 4 is 23.5 Å². The maximum Gasteiger partial charge on any atom is 0.311 e. The van der Waals surface area contributed by atoms with E-state index in [-0.39, 0.29) is 17.7 Å². The van der Waals surface area contributed by atoms with Gasteiger partial charge in [0.2, 0.25) is 11.8 Å². The van der Waals surface area contributed by atoms with E-state index in [1.165, 1.54) is 0 Å². The molecule has 26 heavy (non-hydrogen) atoms. The van der Waals surface area contributed by atoms with Gasteiger partial charge >= 0.3 is 5.97 Å². The molecule has 2 aliphatic heterocycles. The number of carbonyl (C=O) groups excluding carboxylic acids is 2. The number of carboxylic acid groups (broad SMARTS) is 1. The lowest BCUT2D eigenvalue weighted by Crippen LogP contribution is -2.37. The molecule has 0 bridgehead atoms. The fourth-order valence-corrected chi connectivity index (χ4v) is 4.87. The van der Waals surface area contributed by atoms with Crippen molar-refractivity contribution in [1.29, 1.82) is 0 Å². The Balaban J connectivity index is 1.31. The maximum absolute atomic E-state index is 12.5. The number of carbonyl (C=O) groups is 3. The minimum absolute atomic E-state index is 0.0271. The van der Waals surface area contributed by atoms with Crippen LogP contribution >= 0.6 is 0 Å². The number of hydrogen-bond donors (Lipinski definition) is 2. The summed E-state index contributed by atoms with van der Waals surface area (Å²) in [6.45, 7) is 0.968. The summed E-state index contributed by atoms with van der Waals surface area (Å²) in [6, 6.07) is 5.96. The third-order valence-electron chi connectivity index (χ3n) is 6.30. The zero-order valence-corrected chi connectivity index (χ0v) is 14.8. The topological polar surface area (TPSA) is 86.7 Å². The quantitative estimate of drug-likeness (QED) is 0.847. The molecule has 6 heteroatoms. The smallest absolute Gasteiger partial charge is 0.311 e. The Kier molecular flexibility index (Phi) is 4.21. The number of amides is 2. The number of anilines is 1. The number of carboxylic acids is 1. The monoisotopic (exact) mass is 356 g/mol. The predicted molar refractivity (Wildman–Crippen MR) is 95.7 cm³/mol. The number of aryl methyl sites for hydroxylation is 1. The van der Waals surface area contributed by atoms with Crippen LogP contribution in [-0.2, 0) is 27.2 Å². The molecule has 138 valence electrons. The zero-order valence-electron chi connectivity index (χ0n) is 14.8. The Morgan fingerprint density at radius 3 is 2.96 bits per heavy atom. The van der Waals surface area contributed by atoms with Gasteiger partial charge in [-0.05, 0) is 48.8 Å². The molecule has 1 saturated carbocycles. The van der Waals surface area contributed by atoms with Crippen molar-refractivity contribution in [1.82, 2.24) is 4.90 Å². The number of aliphatic carboxylic acids is 1. The summed E-state index contributed by atoms with van der Waals surface area (Å²) >= 11 is 0. The highest BCUT2D eigenvalue weighted by Crippen LogP contribution is 2.49. The van der Waals surface area contributed by atoms with Crippen molar-refractivity contribution < 1.29 is 19.5 Å². The van der Waals surface area contributed by atoms with Gasteiger partial charge in [-0.1, -0.05) is 18.6 Å². The summed E-state index contributed by atoms with van der Waals surface area (Å²) in [7, 11) is 0. The van der Waals surface area contributed by atoms with E-state index in [1.54, 1.807) is 4.90 Å². The Bertz CT molecular complexity index is 775. The molecular weight excluding hydrogens is 332 g/mol. The van der Waals surface area contributed by atoms with Crippen LogP contribution in [0.5, 0.6) is 0 Å². The molecule has 3 aliphatic rings. The number of nitrogens with one attached hydrogen (secondary N) is 1. The SMILES string of the molecule is O=C1Cc2cc(CCCC(=O)N3C[C@@H]4CCC[C@@]4(C(=O)O)C3)ccc2N1. The van der Waals surface area contributed by atoms with E-state index in [1.807, 2.05) is 18.2 Å². The van der Waals surface area contributed by atoms with Gasteiger partial charge in [0.05, 0.1) is 11.8 Å². The first-order valence-electron chi connectivity index (χ1n) is 9.41. The summed E-state index contributed by atoms with van der Waals surface area (Å²) in [4.78, 5) is 37.4. The van der Waals surface area contributed by atoms with E-state index in [9.17, 15) is 19.5 Å². The van der Waals surface area contributed by atoms with Crippen molar-refractivity contribution in [2.75, 3.05) is 18.4 Å². The number of hydrogen-bond acceptors (Lipinski definition) is 3. The van der Waals surface area contributed by atoms with Crippen molar-refractivity contribution in [3.8, 4) is 0 Å². The lowest BCUT2D eigenvalue weighted by molar-refractivity contribution is -0.149. The summed E-state index contributed by atoms with van der Waals surface area (Å²) in [5.41, 5.74) is 2.34. The van der Waals surface area contributed by atoms with Crippen LogP contribution in [0, 0.1) is 11.3 Å². The molecule has 0 aromatic heterocycles. The molecule has 2 atom stereocenters. The highest BCUT2D eigenvalue weighted by atomic mass is 16.4. The number of nitrogens with zero attached hydrogens (tertiary/aromatic N) is 1. The molecule has 1 aromatic carbocycles. The molecular formula is C20H24N2O4. The molecule has 4 rings (SSSR count). The molecule has 2 N–H and O–H groups in total. The molecule has 2 heterocycles. The number of benzene rings is 1. The van der Waals surface area contributed by atoms with Crippen LogP contribution in [0.25, 0.3) is 0 Å². The Labute approximate surface area is 152 Å². The largest absolute Gasteiger partial charge is 0.481 e. The average molecular weight is 356 g/mol.